The zero-order chi connectivity index (χ0) is 21.7. The Morgan fingerprint density at radius 1 is 1.23 bits per heavy atom. The van der Waals surface area contributed by atoms with Crippen molar-refractivity contribution < 1.29 is 13.2 Å². The summed E-state index contributed by atoms with van der Waals surface area (Å²) in [6, 6.07) is 6.91. The van der Waals surface area contributed by atoms with Gasteiger partial charge in [-0.1, -0.05) is 36.9 Å². The van der Waals surface area contributed by atoms with E-state index >= 15 is 0 Å². The molecule has 1 aromatic carbocycles. The van der Waals surface area contributed by atoms with Gasteiger partial charge in [-0.2, -0.15) is 4.31 Å². The molecule has 1 saturated heterocycles. The van der Waals surface area contributed by atoms with Gasteiger partial charge in [-0.25, -0.2) is 8.42 Å². The van der Waals surface area contributed by atoms with Crippen LogP contribution in [0.2, 0.25) is 0 Å². The predicted molar refractivity (Wildman–Crippen MR) is 124 cm³/mol. The van der Waals surface area contributed by atoms with Crippen molar-refractivity contribution in [2.24, 2.45) is 11.8 Å². The number of carbonyl (C=O) groups is 1. The molecule has 2 aromatic rings. The second-order valence-electron chi connectivity index (χ2n) is 7.42. The number of hydrogen-bond acceptors (Lipinski definition) is 8. The third kappa shape index (κ3) is 5.97. The third-order valence-electron chi connectivity index (χ3n) is 4.70. The number of carbonyl (C=O) groups excluding carboxylic acids is 1. The summed E-state index contributed by atoms with van der Waals surface area (Å²) in [5, 5.41) is 11.5. The van der Waals surface area contributed by atoms with E-state index in [1.54, 1.807) is 35.7 Å². The van der Waals surface area contributed by atoms with Crippen LogP contribution in [0.25, 0.3) is 0 Å². The molecule has 7 nitrogen and oxygen atoms in total. The number of aromatic nitrogens is 2. The maximum atomic E-state index is 12.9. The minimum absolute atomic E-state index is 0.118. The molecule has 1 amide bonds. The van der Waals surface area contributed by atoms with E-state index < -0.39 is 10.0 Å². The molecule has 0 unspecified atom stereocenters. The maximum Gasteiger partial charge on any atom is 0.243 e. The topological polar surface area (TPSA) is 92.3 Å². The molecule has 2 heterocycles. The zero-order valence-electron chi connectivity index (χ0n) is 17.2. The molecule has 1 N–H and O–H groups in total. The first-order valence-corrected chi connectivity index (χ1v) is 14.2. The molecule has 1 fully saturated rings. The highest BCUT2D eigenvalue weighted by Gasteiger charge is 2.32. The molecule has 0 spiro atoms. The summed E-state index contributed by atoms with van der Waals surface area (Å²) in [6.45, 7) is 4.94. The van der Waals surface area contributed by atoms with Gasteiger partial charge in [-0.15, -0.1) is 22.0 Å². The number of anilines is 1. The number of thioether (sulfide) groups is 2. The molecule has 11 heteroatoms. The maximum absolute atomic E-state index is 12.9. The number of piperidine rings is 1. The van der Waals surface area contributed by atoms with Crippen LogP contribution in [0.5, 0.6) is 0 Å². The average Bonchev–Trinajstić information content (AvgIpc) is 3.19. The summed E-state index contributed by atoms with van der Waals surface area (Å²) in [5.41, 5.74) is 0. The monoisotopic (exact) mass is 486 g/mol. The lowest BCUT2D eigenvalue weighted by Crippen LogP contribution is -2.41. The standard InChI is InChI=1S/C19H26N4O3S4/c1-13(2)12-28-19-22-21-18(29-19)20-17(24)14-8-10-23(11-9-14)30(25,26)16-6-4-15(27-3)5-7-16/h4-7,13-14H,8-12H2,1-3H3,(H,20,21,24). The molecule has 0 bridgehead atoms. The van der Waals surface area contributed by atoms with E-state index in [1.165, 1.54) is 15.6 Å². The summed E-state index contributed by atoms with van der Waals surface area (Å²) in [6.07, 6.45) is 2.93. The molecule has 0 radical (unpaired) electrons. The van der Waals surface area contributed by atoms with E-state index in [2.05, 4.69) is 29.4 Å². The van der Waals surface area contributed by atoms with Crippen LogP contribution in [0.1, 0.15) is 26.7 Å². The van der Waals surface area contributed by atoms with Crippen molar-refractivity contribution in [2.75, 3.05) is 30.4 Å². The van der Waals surface area contributed by atoms with Crippen LogP contribution >= 0.6 is 34.9 Å². The molecule has 164 valence electrons. The fourth-order valence-electron chi connectivity index (χ4n) is 3.02. The number of sulfonamides is 1. The highest BCUT2D eigenvalue weighted by Crippen LogP contribution is 2.29. The van der Waals surface area contributed by atoms with Crippen molar-refractivity contribution in [3.8, 4) is 0 Å². The Labute approximate surface area is 190 Å². The average molecular weight is 487 g/mol. The van der Waals surface area contributed by atoms with E-state index in [0.29, 0.717) is 41.9 Å². The minimum Gasteiger partial charge on any atom is -0.300 e. The van der Waals surface area contributed by atoms with Crippen LogP contribution in [-0.4, -0.2) is 53.9 Å². The Morgan fingerprint density at radius 3 is 2.50 bits per heavy atom. The molecule has 30 heavy (non-hydrogen) atoms. The van der Waals surface area contributed by atoms with Crippen LogP contribution in [0.4, 0.5) is 5.13 Å². The Bertz CT molecular complexity index is 952. The van der Waals surface area contributed by atoms with Gasteiger partial charge in [0, 0.05) is 29.7 Å². The number of benzene rings is 1. The Hall–Kier alpha value is -1.14. The normalized spacial score (nSPS) is 16.1. The van der Waals surface area contributed by atoms with Gasteiger partial charge in [-0.05, 0) is 49.3 Å². The minimum atomic E-state index is -3.54. The molecule has 0 saturated carbocycles. The van der Waals surface area contributed by atoms with E-state index in [1.807, 2.05) is 18.4 Å². The lowest BCUT2D eigenvalue weighted by Gasteiger charge is -2.30. The van der Waals surface area contributed by atoms with E-state index in [9.17, 15) is 13.2 Å². The number of amides is 1. The van der Waals surface area contributed by atoms with Crippen molar-refractivity contribution in [2.45, 2.75) is 40.8 Å². The van der Waals surface area contributed by atoms with Crippen LogP contribution < -0.4 is 5.32 Å². The number of rotatable bonds is 8. The SMILES string of the molecule is CSc1ccc(S(=O)(=O)N2CCC(C(=O)Nc3nnc(SCC(C)C)s3)CC2)cc1. The van der Waals surface area contributed by atoms with E-state index in [0.717, 1.165) is 15.0 Å². The molecule has 1 aliphatic rings. The highest BCUT2D eigenvalue weighted by molar-refractivity contribution is 8.01. The molecular weight excluding hydrogens is 461 g/mol. The third-order valence-corrected chi connectivity index (χ3v) is 9.75. The predicted octanol–water partition coefficient (Wildman–Crippen LogP) is 4.05. The first-order chi connectivity index (χ1) is 14.3. The molecule has 0 aliphatic carbocycles. The van der Waals surface area contributed by atoms with Crippen LogP contribution in [0.15, 0.2) is 38.4 Å². The molecule has 1 aromatic heterocycles. The summed E-state index contributed by atoms with van der Waals surface area (Å²) < 4.78 is 28.0. The van der Waals surface area contributed by atoms with Gasteiger partial charge < -0.3 is 5.32 Å². The number of hydrogen-bond donors (Lipinski definition) is 1. The summed E-state index contributed by atoms with van der Waals surface area (Å²) in [7, 11) is -3.54. The van der Waals surface area contributed by atoms with Crippen molar-refractivity contribution in [1.29, 1.82) is 0 Å². The summed E-state index contributed by atoms with van der Waals surface area (Å²) in [4.78, 5) is 13.9. The molecular formula is C19H26N4O3S4. The van der Waals surface area contributed by atoms with Crippen LogP contribution in [0, 0.1) is 11.8 Å². The van der Waals surface area contributed by atoms with Gasteiger partial charge >= 0.3 is 0 Å². The summed E-state index contributed by atoms with van der Waals surface area (Å²) >= 11 is 4.58. The largest absolute Gasteiger partial charge is 0.300 e. The second kappa shape index (κ2) is 10.4. The Kier molecular flexibility index (Phi) is 8.19. The smallest absolute Gasteiger partial charge is 0.243 e. The van der Waals surface area contributed by atoms with Crippen molar-refractivity contribution >= 4 is 55.9 Å². The fraction of sp³-hybridized carbons (Fsp3) is 0.526. The quantitative estimate of drug-likeness (QED) is 0.444. The lowest BCUT2D eigenvalue weighted by atomic mass is 9.97. The molecule has 1 aliphatic heterocycles. The van der Waals surface area contributed by atoms with Crippen molar-refractivity contribution in [1.82, 2.24) is 14.5 Å². The lowest BCUT2D eigenvalue weighted by molar-refractivity contribution is -0.120. The summed E-state index contributed by atoms with van der Waals surface area (Å²) in [5.74, 6) is 1.16. The second-order valence-corrected chi connectivity index (χ2v) is 12.5. The Morgan fingerprint density at radius 2 is 1.90 bits per heavy atom. The molecule has 3 rings (SSSR count). The van der Waals surface area contributed by atoms with Gasteiger partial charge in [-0.3, -0.25) is 4.79 Å². The first kappa shape index (κ1) is 23.5. The number of nitrogens with one attached hydrogen (secondary N) is 1. The van der Waals surface area contributed by atoms with Gasteiger partial charge in [0.25, 0.3) is 0 Å². The van der Waals surface area contributed by atoms with Crippen LogP contribution in [-0.2, 0) is 14.8 Å². The van der Waals surface area contributed by atoms with Gasteiger partial charge in [0.15, 0.2) is 4.34 Å². The highest BCUT2D eigenvalue weighted by atomic mass is 32.2. The van der Waals surface area contributed by atoms with Crippen molar-refractivity contribution in [3.05, 3.63) is 24.3 Å². The Balaban J connectivity index is 1.53. The van der Waals surface area contributed by atoms with Gasteiger partial charge in [0.1, 0.15) is 0 Å². The first-order valence-electron chi connectivity index (χ1n) is 9.71. The van der Waals surface area contributed by atoms with E-state index in [-0.39, 0.29) is 11.8 Å². The van der Waals surface area contributed by atoms with Gasteiger partial charge in [0.05, 0.1) is 4.90 Å². The molecule has 0 atom stereocenters. The van der Waals surface area contributed by atoms with Gasteiger partial charge in [0.2, 0.25) is 21.1 Å². The van der Waals surface area contributed by atoms with Crippen LogP contribution in [0.3, 0.4) is 0 Å². The van der Waals surface area contributed by atoms with Crippen molar-refractivity contribution in [3.63, 3.8) is 0 Å². The number of nitrogens with zero attached hydrogens (tertiary/aromatic N) is 3. The fourth-order valence-corrected chi connectivity index (χ4v) is 6.63. The zero-order valence-corrected chi connectivity index (χ0v) is 20.5. The van der Waals surface area contributed by atoms with E-state index in [4.69, 9.17) is 0 Å².